The minimum atomic E-state index is -3.38. The first kappa shape index (κ1) is 10.5. The highest BCUT2D eigenvalue weighted by molar-refractivity contribution is 7.87. The zero-order chi connectivity index (χ0) is 10.9. The molecule has 0 atom stereocenters. The Hall–Kier alpha value is -0.990. The van der Waals surface area contributed by atoms with Gasteiger partial charge in [-0.1, -0.05) is 0 Å². The molecule has 15 heavy (non-hydrogen) atoms. The first-order valence-corrected chi connectivity index (χ1v) is 6.10. The van der Waals surface area contributed by atoms with E-state index in [0.717, 1.165) is 12.8 Å². The molecule has 0 aromatic carbocycles. The summed E-state index contributed by atoms with van der Waals surface area (Å²) < 4.78 is 27.1. The first-order valence-electron chi connectivity index (χ1n) is 4.66. The average molecular weight is 231 g/mol. The second-order valence-electron chi connectivity index (χ2n) is 3.59. The fourth-order valence-corrected chi connectivity index (χ4v) is 2.23. The standard InChI is InChI=1S/C7H13N5O2S/c1-12(4-7-8-5-9-10-7)15(13,14)11-6-2-3-6/h5-6,11H,2-4H2,1H3,(H,8,9,10). The molecule has 1 aromatic heterocycles. The highest BCUT2D eigenvalue weighted by Crippen LogP contribution is 2.20. The molecule has 0 unspecified atom stereocenters. The molecule has 0 amide bonds. The zero-order valence-electron chi connectivity index (χ0n) is 8.34. The van der Waals surface area contributed by atoms with Crippen molar-refractivity contribution < 1.29 is 8.42 Å². The fraction of sp³-hybridized carbons (Fsp3) is 0.714. The van der Waals surface area contributed by atoms with Crippen molar-refractivity contribution in [2.45, 2.75) is 25.4 Å². The van der Waals surface area contributed by atoms with Gasteiger partial charge in [0.2, 0.25) is 0 Å². The molecule has 8 heteroatoms. The topological polar surface area (TPSA) is 91.0 Å². The van der Waals surface area contributed by atoms with Crippen molar-refractivity contribution in [3.05, 3.63) is 12.2 Å². The van der Waals surface area contributed by atoms with Crippen LogP contribution in [0.25, 0.3) is 0 Å². The molecule has 2 rings (SSSR count). The van der Waals surface area contributed by atoms with Crippen molar-refractivity contribution >= 4 is 10.2 Å². The van der Waals surface area contributed by atoms with E-state index >= 15 is 0 Å². The highest BCUT2D eigenvalue weighted by Gasteiger charge is 2.29. The number of hydrogen-bond acceptors (Lipinski definition) is 4. The van der Waals surface area contributed by atoms with Crippen LogP contribution >= 0.6 is 0 Å². The van der Waals surface area contributed by atoms with E-state index in [-0.39, 0.29) is 12.6 Å². The molecule has 0 bridgehead atoms. The molecule has 0 saturated heterocycles. The van der Waals surface area contributed by atoms with Gasteiger partial charge in [-0.3, -0.25) is 5.10 Å². The third-order valence-corrected chi connectivity index (χ3v) is 3.72. The Morgan fingerprint density at radius 3 is 2.93 bits per heavy atom. The van der Waals surface area contributed by atoms with E-state index < -0.39 is 10.2 Å². The highest BCUT2D eigenvalue weighted by atomic mass is 32.2. The molecule has 1 aromatic rings. The van der Waals surface area contributed by atoms with Crippen LogP contribution in [-0.4, -0.2) is 41.0 Å². The van der Waals surface area contributed by atoms with Crippen LogP contribution in [0.3, 0.4) is 0 Å². The smallest absolute Gasteiger partial charge is 0.262 e. The molecule has 0 aliphatic heterocycles. The number of H-pyrrole nitrogens is 1. The van der Waals surface area contributed by atoms with Gasteiger partial charge in [-0.2, -0.15) is 22.5 Å². The maximum atomic E-state index is 11.7. The van der Waals surface area contributed by atoms with Gasteiger partial charge in [-0.05, 0) is 12.8 Å². The third-order valence-electron chi connectivity index (χ3n) is 2.14. The van der Waals surface area contributed by atoms with Crippen molar-refractivity contribution in [2.75, 3.05) is 7.05 Å². The molecular formula is C7H13N5O2S. The zero-order valence-corrected chi connectivity index (χ0v) is 9.16. The number of nitrogens with zero attached hydrogens (tertiary/aromatic N) is 3. The summed E-state index contributed by atoms with van der Waals surface area (Å²) in [7, 11) is -1.87. The predicted molar refractivity (Wildman–Crippen MR) is 52.9 cm³/mol. The summed E-state index contributed by atoms with van der Waals surface area (Å²) in [6.07, 6.45) is 3.20. The van der Waals surface area contributed by atoms with Crippen LogP contribution in [-0.2, 0) is 16.8 Å². The van der Waals surface area contributed by atoms with Gasteiger partial charge in [0.05, 0.1) is 6.54 Å². The molecule has 2 N–H and O–H groups in total. The lowest BCUT2D eigenvalue weighted by Gasteiger charge is -2.15. The fourth-order valence-electron chi connectivity index (χ4n) is 1.10. The molecule has 7 nitrogen and oxygen atoms in total. The molecule has 1 aliphatic carbocycles. The lowest BCUT2D eigenvalue weighted by molar-refractivity contribution is 0.446. The molecule has 1 aliphatic rings. The molecule has 0 radical (unpaired) electrons. The summed E-state index contributed by atoms with van der Waals surface area (Å²) in [5.41, 5.74) is 0. The Balaban J connectivity index is 1.96. The van der Waals surface area contributed by atoms with Crippen molar-refractivity contribution in [2.24, 2.45) is 0 Å². The SMILES string of the molecule is CN(Cc1ncn[nH]1)S(=O)(=O)NC1CC1. The summed E-state index contributed by atoms with van der Waals surface area (Å²) in [5.74, 6) is 0.527. The minimum Gasteiger partial charge on any atom is -0.262 e. The Morgan fingerprint density at radius 2 is 2.40 bits per heavy atom. The van der Waals surface area contributed by atoms with Crippen molar-refractivity contribution in [1.29, 1.82) is 0 Å². The van der Waals surface area contributed by atoms with Gasteiger partial charge in [0.15, 0.2) is 0 Å². The van der Waals surface area contributed by atoms with Gasteiger partial charge in [0, 0.05) is 13.1 Å². The van der Waals surface area contributed by atoms with E-state index in [9.17, 15) is 8.42 Å². The van der Waals surface area contributed by atoms with Crippen molar-refractivity contribution in [3.63, 3.8) is 0 Å². The number of aromatic amines is 1. The molecule has 1 fully saturated rings. The minimum absolute atomic E-state index is 0.118. The van der Waals surface area contributed by atoms with Gasteiger partial charge in [-0.25, -0.2) is 4.98 Å². The lowest BCUT2D eigenvalue weighted by Crippen LogP contribution is -2.39. The van der Waals surface area contributed by atoms with Gasteiger partial charge >= 0.3 is 0 Å². The summed E-state index contributed by atoms with van der Waals surface area (Å²) in [4.78, 5) is 3.86. The van der Waals surface area contributed by atoms with E-state index in [1.54, 1.807) is 0 Å². The number of aromatic nitrogens is 3. The second-order valence-corrected chi connectivity index (χ2v) is 5.39. The van der Waals surface area contributed by atoms with E-state index in [0.29, 0.717) is 5.82 Å². The molecule has 1 heterocycles. The Morgan fingerprint density at radius 1 is 1.67 bits per heavy atom. The summed E-state index contributed by atoms with van der Waals surface area (Å²) in [6, 6.07) is 0.118. The Kier molecular flexibility index (Phi) is 2.72. The Bertz CT molecular complexity index is 411. The van der Waals surface area contributed by atoms with Crippen LogP contribution in [0.1, 0.15) is 18.7 Å². The molecule has 0 spiro atoms. The average Bonchev–Trinajstić information content (AvgIpc) is 2.81. The Labute approximate surface area is 88.1 Å². The van der Waals surface area contributed by atoms with Crippen molar-refractivity contribution in [1.82, 2.24) is 24.2 Å². The maximum absolute atomic E-state index is 11.7. The van der Waals surface area contributed by atoms with Crippen LogP contribution in [0.5, 0.6) is 0 Å². The number of rotatable bonds is 5. The number of hydrogen-bond donors (Lipinski definition) is 2. The van der Waals surface area contributed by atoms with Gasteiger partial charge in [0.25, 0.3) is 10.2 Å². The van der Waals surface area contributed by atoms with Crippen molar-refractivity contribution in [3.8, 4) is 0 Å². The summed E-state index contributed by atoms with van der Waals surface area (Å²) in [6.45, 7) is 0.196. The number of nitrogens with one attached hydrogen (secondary N) is 2. The van der Waals surface area contributed by atoms with Crippen LogP contribution in [0, 0.1) is 0 Å². The largest absolute Gasteiger partial charge is 0.279 e. The van der Waals surface area contributed by atoms with E-state index in [2.05, 4.69) is 19.9 Å². The summed E-state index contributed by atoms with van der Waals surface area (Å²) in [5, 5.41) is 6.27. The monoisotopic (exact) mass is 231 g/mol. The molecular weight excluding hydrogens is 218 g/mol. The van der Waals surface area contributed by atoms with Crippen LogP contribution < -0.4 is 4.72 Å². The van der Waals surface area contributed by atoms with E-state index in [1.165, 1.54) is 17.7 Å². The normalized spacial score (nSPS) is 17.2. The predicted octanol–water partition coefficient (Wildman–Crippen LogP) is -0.767. The molecule has 1 saturated carbocycles. The summed E-state index contributed by atoms with van der Waals surface area (Å²) >= 11 is 0. The lowest BCUT2D eigenvalue weighted by atomic mass is 10.6. The van der Waals surface area contributed by atoms with Gasteiger partial charge in [-0.15, -0.1) is 0 Å². The van der Waals surface area contributed by atoms with Gasteiger partial charge < -0.3 is 0 Å². The quantitative estimate of drug-likeness (QED) is 0.696. The first-order chi connectivity index (χ1) is 7.08. The van der Waals surface area contributed by atoms with Crippen LogP contribution in [0.2, 0.25) is 0 Å². The third kappa shape index (κ3) is 2.74. The second kappa shape index (κ2) is 3.87. The van der Waals surface area contributed by atoms with Crippen LogP contribution in [0.4, 0.5) is 0 Å². The van der Waals surface area contributed by atoms with Gasteiger partial charge in [0.1, 0.15) is 12.2 Å². The maximum Gasteiger partial charge on any atom is 0.279 e. The molecule has 84 valence electrons. The van der Waals surface area contributed by atoms with E-state index in [1.807, 2.05) is 0 Å². The van der Waals surface area contributed by atoms with E-state index in [4.69, 9.17) is 0 Å². The van der Waals surface area contributed by atoms with Crippen LogP contribution in [0.15, 0.2) is 6.33 Å².